The monoisotopic (exact) mass is 227 g/mol. The summed E-state index contributed by atoms with van der Waals surface area (Å²) in [7, 11) is 0. The van der Waals surface area contributed by atoms with E-state index >= 15 is 0 Å². The molecule has 0 aromatic carbocycles. The van der Waals surface area contributed by atoms with Crippen molar-refractivity contribution >= 4 is 6.09 Å². The van der Waals surface area contributed by atoms with E-state index in [9.17, 15) is 4.79 Å². The molecule has 0 aromatic heterocycles. The lowest BCUT2D eigenvalue weighted by atomic mass is 9.88. The molecule has 0 N–H and O–H groups in total. The number of hydrogen-bond acceptors (Lipinski definition) is 3. The van der Waals surface area contributed by atoms with Crippen LogP contribution >= 0.6 is 0 Å². The number of nitrogens with zero attached hydrogens (tertiary/aromatic N) is 1. The van der Waals surface area contributed by atoms with Gasteiger partial charge >= 0.3 is 6.09 Å². The molecule has 2 saturated heterocycles. The van der Waals surface area contributed by atoms with Gasteiger partial charge in [0.25, 0.3) is 0 Å². The van der Waals surface area contributed by atoms with Crippen LogP contribution in [0.15, 0.2) is 0 Å². The van der Waals surface area contributed by atoms with E-state index in [2.05, 4.69) is 20.8 Å². The highest BCUT2D eigenvalue weighted by molar-refractivity contribution is 5.72. The Morgan fingerprint density at radius 2 is 2.00 bits per heavy atom. The number of ether oxygens (including phenoxy) is 2. The van der Waals surface area contributed by atoms with Gasteiger partial charge < -0.3 is 9.47 Å². The van der Waals surface area contributed by atoms with Crippen molar-refractivity contribution in [3.63, 3.8) is 0 Å². The van der Waals surface area contributed by atoms with Gasteiger partial charge in [-0.15, -0.1) is 0 Å². The lowest BCUT2D eigenvalue weighted by Crippen LogP contribution is -2.45. The van der Waals surface area contributed by atoms with Crippen LogP contribution in [-0.2, 0) is 9.47 Å². The minimum Gasteiger partial charge on any atom is -0.443 e. The van der Waals surface area contributed by atoms with Crippen LogP contribution in [0.25, 0.3) is 0 Å². The fourth-order valence-electron chi connectivity index (χ4n) is 2.52. The Morgan fingerprint density at radius 3 is 2.56 bits per heavy atom. The molecule has 0 bridgehead atoms. The predicted octanol–water partition coefficient (Wildman–Crippen LogP) is 2.23. The van der Waals surface area contributed by atoms with Crippen LogP contribution in [0.5, 0.6) is 0 Å². The van der Waals surface area contributed by atoms with Crippen LogP contribution in [0.3, 0.4) is 0 Å². The number of fused-ring (bicyclic) bond motifs is 1. The second-order valence-corrected chi connectivity index (χ2v) is 5.65. The van der Waals surface area contributed by atoms with Gasteiger partial charge in [-0.25, -0.2) is 4.79 Å². The van der Waals surface area contributed by atoms with Crippen LogP contribution in [0.1, 0.15) is 34.6 Å². The van der Waals surface area contributed by atoms with Crippen LogP contribution in [-0.4, -0.2) is 35.5 Å². The Balaban J connectivity index is 2.20. The maximum atomic E-state index is 11.8. The smallest absolute Gasteiger partial charge is 0.412 e. The Kier molecular flexibility index (Phi) is 2.65. The lowest BCUT2D eigenvalue weighted by Gasteiger charge is -2.27. The molecule has 0 aliphatic carbocycles. The third kappa shape index (κ3) is 1.59. The first kappa shape index (κ1) is 11.7. The lowest BCUT2D eigenvalue weighted by molar-refractivity contribution is -0.0403. The molecule has 0 aromatic rings. The molecule has 0 radical (unpaired) electrons. The second-order valence-electron chi connectivity index (χ2n) is 5.65. The van der Waals surface area contributed by atoms with Crippen molar-refractivity contribution in [3.05, 3.63) is 0 Å². The van der Waals surface area contributed by atoms with E-state index in [-0.39, 0.29) is 18.2 Å². The maximum absolute atomic E-state index is 11.8. The summed E-state index contributed by atoms with van der Waals surface area (Å²) >= 11 is 0. The van der Waals surface area contributed by atoms with Crippen molar-refractivity contribution in [2.24, 2.45) is 11.8 Å². The van der Waals surface area contributed by atoms with Gasteiger partial charge in [0, 0.05) is 0 Å². The molecule has 2 heterocycles. The standard InChI is InChI=1S/C12H21NO3/c1-7(2)8(3)10-9-6-15-12(4,5)13(9)11(14)16-10/h7-10H,6H2,1-5H3/t8-,9-,10+/m0/s1. The Labute approximate surface area is 96.9 Å². The summed E-state index contributed by atoms with van der Waals surface area (Å²) in [6.07, 6.45) is -0.265. The third-order valence-corrected chi connectivity index (χ3v) is 3.90. The third-order valence-electron chi connectivity index (χ3n) is 3.90. The fraction of sp³-hybridized carbons (Fsp3) is 0.917. The van der Waals surface area contributed by atoms with E-state index in [1.54, 1.807) is 4.90 Å². The Bertz CT molecular complexity index is 301. The number of cyclic esters (lactones) is 1. The molecule has 1 amide bonds. The molecule has 2 rings (SSSR count). The molecule has 0 saturated carbocycles. The van der Waals surface area contributed by atoms with Crippen LogP contribution in [0.2, 0.25) is 0 Å². The Hall–Kier alpha value is -0.770. The first-order valence-electron chi connectivity index (χ1n) is 5.98. The quantitative estimate of drug-likeness (QED) is 0.726. The van der Waals surface area contributed by atoms with Gasteiger partial charge in [-0.2, -0.15) is 0 Å². The molecule has 3 atom stereocenters. The van der Waals surface area contributed by atoms with E-state index in [4.69, 9.17) is 9.47 Å². The molecule has 2 aliphatic heterocycles. The maximum Gasteiger partial charge on any atom is 0.412 e. The number of carbonyl (C=O) groups is 1. The zero-order chi connectivity index (χ0) is 12.1. The van der Waals surface area contributed by atoms with Crippen LogP contribution < -0.4 is 0 Å². The first-order chi connectivity index (χ1) is 7.34. The van der Waals surface area contributed by atoms with Gasteiger partial charge in [0.05, 0.1) is 12.6 Å². The molecular formula is C12H21NO3. The van der Waals surface area contributed by atoms with Crippen LogP contribution in [0.4, 0.5) is 4.79 Å². The van der Waals surface area contributed by atoms with Gasteiger partial charge in [-0.05, 0) is 25.7 Å². The van der Waals surface area contributed by atoms with Crippen molar-refractivity contribution in [2.75, 3.05) is 6.61 Å². The second kappa shape index (κ2) is 3.62. The summed E-state index contributed by atoms with van der Waals surface area (Å²) in [5.41, 5.74) is -0.521. The zero-order valence-electron chi connectivity index (χ0n) is 10.7. The molecule has 4 nitrogen and oxygen atoms in total. The largest absolute Gasteiger partial charge is 0.443 e. The van der Waals surface area contributed by atoms with Gasteiger partial charge in [-0.1, -0.05) is 20.8 Å². The molecule has 16 heavy (non-hydrogen) atoms. The van der Waals surface area contributed by atoms with Crippen molar-refractivity contribution in [1.29, 1.82) is 0 Å². The topological polar surface area (TPSA) is 38.8 Å². The summed E-state index contributed by atoms with van der Waals surface area (Å²) in [6, 6.07) is 0.0832. The minimum atomic E-state index is -0.521. The molecule has 0 spiro atoms. The number of amides is 1. The molecule has 0 unspecified atom stereocenters. The fourth-order valence-corrected chi connectivity index (χ4v) is 2.52. The zero-order valence-corrected chi connectivity index (χ0v) is 10.7. The SMILES string of the molecule is CC(C)[C@H](C)[C@H]1OC(=O)N2[C@H]1COC2(C)C. The van der Waals surface area contributed by atoms with E-state index < -0.39 is 5.72 Å². The van der Waals surface area contributed by atoms with Gasteiger partial charge in [0.1, 0.15) is 11.8 Å². The highest BCUT2D eigenvalue weighted by Gasteiger charge is 2.55. The Morgan fingerprint density at radius 1 is 1.38 bits per heavy atom. The first-order valence-corrected chi connectivity index (χ1v) is 5.98. The normalized spacial score (nSPS) is 34.1. The van der Waals surface area contributed by atoms with Crippen LogP contribution in [0, 0.1) is 11.8 Å². The number of rotatable bonds is 2. The van der Waals surface area contributed by atoms with E-state index in [0.717, 1.165) is 0 Å². The summed E-state index contributed by atoms with van der Waals surface area (Å²) in [5.74, 6) is 0.859. The van der Waals surface area contributed by atoms with Gasteiger partial charge in [0.2, 0.25) is 0 Å². The molecule has 4 heteroatoms. The molecule has 92 valence electrons. The van der Waals surface area contributed by atoms with Gasteiger partial charge in [-0.3, -0.25) is 4.90 Å². The summed E-state index contributed by atoms with van der Waals surface area (Å²) < 4.78 is 11.2. The molecule has 2 fully saturated rings. The average Bonchev–Trinajstić information content (AvgIpc) is 2.66. The van der Waals surface area contributed by atoms with E-state index in [1.165, 1.54) is 0 Å². The van der Waals surface area contributed by atoms with Gasteiger partial charge in [0.15, 0.2) is 0 Å². The van der Waals surface area contributed by atoms with Crippen molar-refractivity contribution in [1.82, 2.24) is 4.90 Å². The van der Waals surface area contributed by atoms with Crippen molar-refractivity contribution < 1.29 is 14.3 Å². The predicted molar refractivity (Wildman–Crippen MR) is 59.9 cm³/mol. The molecule has 2 aliphatic rings. The molecular weight excluding hydrogens is 206 g/mol. The highest BCUT2D eigenvalue weighted by Crippen LogP contribution is 2.39. The average molecular weight is 227 g/mol. The van der Waals surface area contributed by atoms with E-state index in [1.807, 2.05) is 13.8 Å². The minimum absolute atomic E-state index is 0.0331. The number of carbonyl (C=O) groups excluding carboxylic acids is 1. The summed E-state index contributed by atoms with van der Waals surface area (Å²) in [4.78, 5) is 13.6. The summed E-state index contributed by atoms with van der Waals surface area (Å²) in [5, 5.41) is 0. The van der Waals surface area contributed by atoms with Crippen molar-refractivity contribution in [3.8, 4) is 0 Å². The summed E-state index contributed by atoms with van der Waals surface area (Å²) in [6.45, 7) is 10.9. The highest BCUT2D eigenvalue weighted by atomic mass is 16.6. The number of hydrogen-bond donors (Lipinski definition) is 0. The van der Waals surface area contributed by atoms with Crippen molar-refractivity contribution in [2.45, 2.75) is 52.5 Å². The van der Waals surface area contributed by atoms with E-state index in [0.29, 0.717) is 18.4 Å².